The van der Waals surface area contributed by atoms with Gasteiger partial charge in [-0.3, -0.25) is 9.59 Å². The minimum absolute atomic E-state index is 0.332. The fourth-order valence-corrected chi connectivity index (χ4v) is 5.40. The van der Waals surface area contributed by atoms with Crippen LogP contribution in [0.25, 0.3) is 0 Å². The van der Waals surface area contributed by atoms with Crippen molar-refractivity contribution in [2.75, 3.05) is 0 Å². The second kappa shape index (κ2) is 41.4. The Morgan fingerprint density at radius 3 is 0.773 bits per heavy atom. The van der Waals surface area contributed by atoms with Gasteiger partial charge in [0.15, 0.2) is 0 Å². The van der Waals surface area contributed by atoms with Gasteiger partial charge in [0, 0.05) is 12.8 Å². The zero-order chi connectivity index (χ0) is 32.6. The third-order valence-electron chi connectivity index (χ3n) is 8.30. The molecule has 0 radical (unpaired) electrons. The summed E-state index contributed by atoms with van der Waals surface area (Å²) in [5, 5.41) is 17.1. The van der Waals surface area contributed by atoms with Crippen LogP contribution in [0.4, 0.5) is 0 Å². The maximum atomic E-state index is 10.4. The Morgan fingerprint density at radius 1 is 0.341 bits per heavy atom. The summed E-state index contributed by atoms with van der Waals surface area (Å²) in [6.07, 6.45) is 48.4. The predicted molar refractivity (Wildman–Crippen MR) is 193 cm³/mol. The first-order chi connectivity index (χ1) is 21.5. The zero-order valence-corrected chi connectivity index (χ0v) is 29.6. The molecular weight excluding hydrogens is 544 g/mol. The van der Waals surface area contributed by atoms with Gasteiger partial charge in [-0.2, -0.15) is 0 Å². The van der Waals surface area contributed by atoms with Crippen molar-refractivity contribution in [1.29, 1.82) is 0 Å². The fourth-order valence-electron chi connectivity index (χ4n) is 5.40. The second-order valence-electron chi connectivity index (χ2n) is 12.9. The third kappa shape index (κ3) is 47.4. The van der Waals surface area contributed by atoms with Crippen LogP contribution in [-0.2, 0) is 9.59 Å². The molecule has 0 unspecified atom stereocenters. The molecule has 0 aliphatic rings. The van der Waals surface area contributed by atoms with Crippen molar-refractivity contribution in [3.05, 3.63) is 24.3 Å². The minimum Gasteiger partial charge on any atom is -0.481 e. The van der Waals surface area contributed by atoms with Crippen LogP contribution in [0.1, 0.15) is 219 Å². The van der Waals surface area contributed by atoms with Crippen LogP contribution in [0, 0.1) is 0 Å². The number of hydrogen-bond donors (Lipinski definition) is 2. The Balaban J connectivity index is 0. The lowest BCUT2D eigenvalue weighted by Crippen LogP contribution is -1.93. The largest absolute Gasteiger partial charge is 0.481 e. The highest BCUT2D eigenvalue weighted by Gasteiger charge is 1.97. The summed E-state index contributed by atoms with van der Waals surface area (Å²) in [6, 6.07) is 0. The van der Waals surface area contributed by atoms with Crippen LogP contribution in [0.5, 0.6) is 0 Å². The molecule has 260 valence electrons. The van der Waals surface area contributed by atoms with Crippen LogP contribution in [0.3, 0.4) is 0 Å². The smallest absolute Gasteiger partial charge is 0.303 e. The van der Waals surface area contributed by atoms with Crippen LogP contribution in [-0.4, -0.2) is 22.2 Å². The van der Waals surface area contributed by atoms with E-state index in [1.54, 1.807) is 0 Å². The van der Waals surface area contributed by atoms with Gasteiger partial charge in [-0.1, -0.05) is 167 Å². The maximum Gasteiger partial charge on any atom is 0.303 e. The fraction of sp³-hybridized carbons (Fsp3) is 0.850. The van der Waals surface area contributed by atoms with E-state index in [1.165, 1.54) is 167 Å². The summed E-state index contributed by atoms with van der Waals surface area (Å²) in [5.74, 6) is -1.32. The monoisotopic (exact) mass is 621 g/mol. The lowest BCUT2D eigenvalue weighted by molar-refractivity contribution is -0.138. The molecule has 0 aromatic carbocycles. The van der Waals surface area contributed by atoms with Crippen LogP contribution < -0.4 is 0 Å². The van der Waals surface area contributed by atoms with E-state index in [4.69, 9.17) is 10.2 Å². The molecule has 0 fully saturated rings. The minimum atomic E-state index is -0.664. The van der Waals surface area contributed by atoms with Crippen molar-refractivity contribution in [2.45, 2.75) is 219 Å². The van der Waals surface area contributed by atoms with Crippen molar-refractivity contribution >= 4 is 11.9 Å². The highest BCUT2D eigenvalue weighted by molar-refractivity contribution is 5.66. The number of rotatable bonds is 34. The first-order valence-electron chi connectivity index (χ1n) is 19.3. The number of unbranched alkanes of at least 4 members (excludes halogenated alkanes) is 26. The van der Waals surface area contributed by atoms with Gasteiger partial charge in [0.1, 0.15) is 0 Å². The number of allylic oxidation sites excluding steroid dienone is 4. The molecule has 0 aliphatic carbocycles. The Morgan fingerprint density at radius 2 is 0.545 bits per heavy atom. The summed E-state index contributed by atoms with van der Waals surface area (Å²) in [6.45, 7) is 4.53. The summed E-state index contributed by atoms with van der Waals surface area (Å²) in [7, 11) is 0. The van der Waals surface area contributed by atoms with Crippen molar-refractivity contribution in [2.24, 2.45) is 0 Å². The molecule has 0 saturated carbocycles. The van der Waals surface area contributed by atoms with Gasteiger partial charge in [0.2, 0.25) is 0 Å². The predicted octanol–water partition coefficient (Wildman–Crippen LogP) is 13.8. The van der Waals surface area contributed by atoms with Crippen LogP contribution >= 0.6 is 0 Å². The first-order valence-corrected chi connectivity index (χ1v) is 19.3. The quantitative estimate of drug-likeness (QED) is 0.0554. The number of carboxylic acids is 2. The van der Waals surface area contributed by atoms with Crippen molar-refractivity contribution in [1.82, 2.24) is 0 Å². The van der Waals surface area contributed by atoms with E-state index in [0.29, 0.717) is 12.8 Å². The van der Waals surface area contributed by atoms with Crippen molar-refractivity contribution in [3.63, 3.8) is 0 Å². The van der Waals surface area contributed by atoms with Gasteiger partial charge >= 0.3 is 11.9 Å². The topological polar surface area (TPSA) is 74.6 Å². The maximum absolute atomic E-state index is 10.4. The van der Waals surface area contributed by atoms with Gasteiger partial charge in [-0.25, -0.2) is 0 Å². The molecule has 0 aliphatic heterocycles. The molecule has 0 rings (SSSR count). The van der Waals surface area contributed by atoms with Gasteiger partial charge in [0.05, 0.1) is 0 Å². The van der Waals surface area contributed by atoms with E-state index in [1.807, 2.05) is 0 Å². The summed E-state index contributed by atoms with van der Waals surface area (Å²) >= 11 is 0. The average molecular weight is 621 g/mol. The van der Waals surface area contributed by atoms with Crippen molar-refractivity contribution < 1.29 is 19.8 Å². The van der Waals surface area contributed by atoms with Crippen LogP contribution in [0.2, 0.25) is 0 Å². The van der Waals surface area contributed by atoms with E-state index in [2.05, 4.69) is 38.2 Å². The molecular formula is C40H76O4. The summed E-state index contributed by atoms with van der Waals surface area (Å²) in [5.41, 5.74) is 0. The van der Waals surface area contributed by atoms with Gasteiger partial charge in [-0.05, 0) is 64.2 Å². The SMILES string of the molecule is CCCCCCCCC=CCCCCCCCC(=O)O.CCCCCCCCC=CCCCCCCCCCCCC(=O)O. The molecule has 0 aromatic heterocycles. The molecule has 0 aromatic rings. The molecule has 0 spiro atoms. The second-order valence-corrected chi connectivity index (χ2v) is 12.9. The Kier molecular flexibility index (Phi) is 41.9. The van der Waals surface area contributed by atoms with Crippen molar-refractivity contribution in [3.8, 4) is 0 Å². The van der Waals surface area contributed by atoms with E-state index < -0.39 is 11.9 Å². The van der Waals surface area contributed by atoms with E-state index in [9.17, 15) is 9.59 Å². The Hall–Kier alpha value is -1.58. The molecule has 4 nitrogen and oxygen atoms in total. The summed E-state index contributed by atoms with van der Waals surface area (Å²) < 4.78 is 0. The summed E-state index contributed by atoms with van der Waals surface area (Å²) in [4.78, 5) is 20.7. The lowest BCUT2D eigenvalue weighted by Gasteiger charge is -2.01. The number of hydrogen-bond acceptors (Lipinski definition) is 2. The van der Waals surface area contributed by atoms with Crippen LogP contribution in [0.15, 0.2) is 24.3 Å². The van der Waals surface area contributed by atoms with Gasteiger partial charge in [0.25, 0.3) is 0 Å². The molecule has 2 N–H and O–H groups in total. The molecule has 44 heavy (non-hydrogen) atoms. The molecule has 0 heterocycles. The number of carboxylic acid groups (broad SMARTS) is 2. The molecule has 4 heteroatoms. The van der Waals surface area contributed by atoms with E-state index in [-0.39, 0.29) is 0 Å². The molecule has 0 amide bonds. The zero-order valence-electron chi connectivity index (χ0n) is 29.6. The Bertz CT molecular complexity index is 625. The third-order valence-corrected chi connectivity index (χ3v) is 8.30. The number of aliphatic carboxylic acids is 2. The molecule has 0 bridgehead atoms. The Labute approximate surface area is 275 Å². The molecule has 0 saturated heterocycles. The first kappa shape index (κ1) is 44.5. The standard InChI is InChI=1S/C22H42O2.C18H34O2/c1-2-3-4-5-6-7-8-9-10-11-12-13-14-15-16-17-18-19-20-21-22(23)24;1-2-3-4-5-6-7-8-9-10-11-12-13-14-15-16-17-18(19)20/h9-10H,2-8,11-21H2,1H3,(H,23,24);9-10H,2-8,11-17H2,1H3,(H,19,20). The molecule has 0 atom stereocenters. The van der Waals surface area contributed by atoms with Gasteiger partial charge < -0.3 is 10.2 Å². The highest BCUT2D eigenvalue weighted by Crippen LogP contribution is 2.13. The average Bonchev–Trinajstić information content (AvgIpc) is 3.00. The highest BCUT2D eigenvalue weighted by atomic mass is 16.4. The van der Waals surface area contributed by atoms with E-state index in [0.717, 1.165) is 25.7 Å². The van der Waals surface area contributed by atoms with E-state index >= 15 is 0 Å². The lowest BCUT2D eigenvalue weighted by atomic mass is 10.1. The number of carbonyl (C=O) groups is 2. The van der Waals surface area contributed by atoms with Gasteiger partial charge in [-0.15, -0.1) is 0 Å². The normalized spacial score (nSPS) is 11.3.